The molecule has 2 amide bonds. The molecule has 1 aliphatic carbocycles. The number of carbonyl (C=O) groups excluding carboxylic acids is 2. The normalized spacial score (nSPS) is 15.0. The number of anilines is 1. The van der Waals surface area contributed by atoms with Crippen molar-refractivity contribution in [3.05, 3.63) is 83.8 Å². The van der Waals surface area contributed by atoms with Crippen LogP contribution in [0.15, 0.2) is 71.3 Å². The molecule has 0 saturated heterocycles. The van der Waals surface area contributed by atoms with Gasteiger partial charge in [0.05, 0.1) is 13.4 Å². The molecule has 0 radical (unpaired) electrons. The summed E-state index contributed by atoms with van der Waals surface area (Å²) in [7, 11) is 1.60. The zero-order valence-electron chi connectivity index (χ0n) is 19.1. The van der Waals surface area contributed by atoms with Gasteiger partial charge in [0, 0.05) is 11.7 Å². The second-order valence-corrected chi connectivity index (χ2v) is 8.51. The number of carbonyl (C=O) groups is 2. The summed E-state index contributed by atoms with van der Waals surface area (Å²) in [5.41, 5.74) is 2.39. The molecule has 1 N–H and O–H groups in total. The maximum Gasteiger partial charge on any atom is 0.294 e. The second kappa shape index (κ2) is 10.4. The molecule has 1 aliphatic rings. The van der Waals surface area contributed by atoms with Crippen LogP contribution in [-0.2, 0) is 4.79 Å². The van der Waals surface area contributed by atoms with Gasteiger partial charge in [0.25, 0.3) is 5.91 Å². The average molecular weight is 447 g/mol. The summed E-state index contributed by atoms with van der Waals surface area (Å²) < 4.78 is 10.7. The van der Waals surface area contributed by atoms with E-state index in [1.165, 1.54) is 17.6 Å². The van der Waals surface area contributed by atoms with E-state index in [1.807, 2.05) is 43.3 Å². The Morgan fingerprint density at radius 1 is 1.00 bits per heavy atom. The zero-order chi connectivity index (χ0) is 23.2. The molecule has 1 heterocycles. The molecule has 4 rings (SSSR count). The topological polar surface area (TPSA) is 71.8 Å². The number of furan rings is 1. The number of ether oxygens (including phenoxy) is 1. The van der Waals surface area contributed by atoms with Crippen molar-refractivity contribution >= 4 is 17.5 Å². The monoisotopic (exact) mass is 446 g/mol. The predicted molar refractivity (Wildman–Crippen MR) is 127 cm³/mol. The highest BCUT2D eigenvalue weighted by Gasteiger charge is 2.35. The fourth-order valence-corrected chi connectivity index (χ4v) is 4.34. The van der Waals surface area contributed by atoms with Crippen LogP contribution in [0.25, 0.3) is 0 Å². The first-order valence-electron chi connectivity index (χ1n) is 11.4. The summed E-state index contributed by atoms with van der Waals surface area (Å²) in [6, 6.07) is 17.4. The Labute approximate surface area is 194 Å². The number of methoxy groups -OCH3 is 1. The Morgan fingerprint density at radius 2 is 1.70 bits per heavy atom. The summed E-state index contributed by atoms with van der Waals surface area (Å²) >= 11 is 0. The van der Waals surface area contributed by atoms with Crippen LogP contribution in [0.2, 0.25) is 0 Å². The molecular formula is C27H30N2O4. The van der Waals surface area contributed by atoms with Gasteiger partial charge in [0.2, 0.25) is 5.91 Å². The van der Waals surface area contributed by atoms with E-state index in [0.717, 1.165) is 31.2 Å². The van der Waals surface area contributed by atoms with Gasteiger partial charge in [-0.15, -0.1) is 0 Å². The van der Waals surface area contributed by atoms with Crippen LogP contribution in [0.5, 0.6) is 5.75 Å². The molecule has 1 aromatic heterocycles. The molecule has 0 bridgehead atoms. The van der Waals surface area contributed by atoms with Crippen molar-refractivity contribution in [2.75, 3.05) is 12.0 Å². The van der Waals surface area contributed by atoms with Gasteiger partial charge >= 0.3 is 0 Å². The number of hydrogen-bond acceptors (Lipinski definition) is 4. The minimum atomic E-state index is -0.863. The molecule has 0 aliphatic heterocycles. The van der Waals surface area contributed by atoms with Gasteiger partial charge in [-0.2, -0.15) is 0 Å². The fraction of sp³-hybridized carbons (Fsp3) is 0.333. The molecular weight excluding hydrogens is 416 g/mol. The average Bonchev–Trinajstić information content (AvgIpc) is 3.39. The molecule has 1 atom stereocenters. The third-order valence-corrected chi connectivity index (χ3v) is 6.15. The smallest absolute Gasteiger partial charge is 0.294 e. The van der Waals surface area contributed by atoms with Gasteiger partial charge in [0.15, 0.2) is 5.76 Å². The molecule has 1 unspecified atom stereocenters. The van der Waals surface area contributed by atoms with E-state index in [2.05, 4.69) is 5.32 Å². The lowest BCUT2D eigenvalue weighted by Gasteiger charge is -2.33. The van der Waals surface area contributed by atoms with Crippen LogP contribution in [0, 0.1) is 6.92 Å². The highest BCUT2D eigenvalue weighted by Crippen LogP contribution is 2.32. The van der Waals surface area contributed by atoms with Crippen molar-refractivity contribution in [2.24, 2.45) is 0 Å². The lowest BCUT2D eigenvalue weighted by Crippen LogP contribution is -2.47. The van der Waals surface area contributed by atoms with E-state index in [4.69, 9.17) is 9.15 Å². The van der Waals surface area contributed by atoms with Gasteiger partial charge in [-0.05, 0) is 61.7 Å². The van der Waals surface area contributed by atoms with Gasteiger partial charge in [0.1, 0.15) is 11.8 Å². The quantitative estimate of drug-likeness (QED) is 0.525. The number of hydrogen-bond donors (Lipinski definition) is 1. The van der Waals surface area contributed by atoms with Crippen molar-refractivity contribution in [1.82, 2.24) is 5.32 Å². The molecule has 1 saturated carbocycles. The van der Waals surface area contributed by atoms with Gasteiger partial charge < -0.3 is 14.5 Å². The molecule has 172 valence electrons. The summed E-state index contributed by atoms with van der Waals surface area (Å²) in [5, 5.41) is 3.21. The largest absolute Gasteiger partial charge is 0.497 e. The van der Waals surface area contributed by atoms with Crippen molar-refractivity contribution in [2.45, 2.75) is 51.1 Å². The molecule has 33 heavy (non-hydrogen) atoms. The first-order chi connectivity index (χ1) is 16.1. The number of nitrogens with zero attached hydrogens (tertiary/aromatic N) is 1. The Morgan fingerprint density at radius 3 is 2.30 bits per heavy atom. The zero-order valence-corrected chi connectivity index (χ0v) is 19.1. The summed E-state index contributed by atoms with van der Waals surface area (Å²) in [6.07, 6.45) is 6.78. The molecule has 2 aromatic carbocycles. The van der Waals surface area contributed by atoms with Gasteiger partial charge in [-0.3, -0.25) is 14.5 Å². The molecule has 0 spiro atoms. The standard InChI is InChI=1S/C27H30N2O4/c1-19-10-14-22(15-11-19)29(27(31)24-9-6-18-33-24)25(20-12-16-23(32-2)17-13-20)26(30)28-21-7-4-3-5-8-21/h6,9-18,21,25H,3-5,7-8H2,1-2H3,(H,28,30). The molecule has 3 aromatic rings. The Bertz CT molecular complexity index is 1050. The van der Waals surface area contributed by atoms with Crippen molar-refractivity contribution in [3.8, 4) is 5.75 Å². The van der Waals surface area contributed by atoms with Gasteiger partial charge in [-0.1, -0.05) is 49.1 Å². The number of aryl methyl sites for hydroxylation is 1. The van der Waals surface area contributed by atoms with E-state index in [-0.39, 0.29) is 23.6 Å². The van der Waals surface area contributed by atoms with E-state index in [9.17, 15) is 9.59 Å². The highest BCUT2D eigenvalue weighted by molar-refractivity contribution is 6.08. The van der Waals surface area contributed by atoms with E-state index < -0.39 is 6.04 Å². The van der Waals surface area contributed by atoms with Crippen LogP contribution in [0.4, 0.5) is 5.69 Å². The fourth-order valence-electron chi connectivity index (χ4n) is 4.34. The minimum absolute atomic E-state index is 0.116. The maximum absolute atomic E-state index is 13.8. The number of rotatable bonds is 7. The maximum atomic E-state index is 13.8. The van der Waals surface area contributed by atoms with Crippen LogP contribution in [0.3, 0.4) is 0 Å². The lowest BCUT2D eigenvalue weighted by molar-refractivity contribution is -0.123. The Hall–Kier alpha value is -3.54. The van der Waals surface area contributed by atoms with E-state index in [0.29, 0.717) is 17.0 Å². The van der Waals surface area contributed by atoms with Gasteiger partial charge in [-0.25, -0.2) is 0 Å². The summed E-state index contributed by atoms with van der Waals surface area (Å²) in [5.74, 6) is 0.292. The minimum Gasteiger partial charge on any atom is -0.497 e. The first-order valence-corrected chi connectivity index (χ1v) is 11.4. The third-order valence-electron chi connectivity index (χ3n) is 6.15. The van der Waals surface area contributed by atoms with Crippen molar-refractivity contribution in [1.29, 1.82) is 0 Å². The molecule has 1 fully saturated rings. The van der Waals surface area contributed by atoms with Crippen molar-refractivity contribution < 1.29 is 18.7 Å². The number of benzene rings is 2. The number of nitrogens with one attached hydrogen (secondary N) is 1. The summed E-state index contributed by atoms with van der Waals surface area (Å²) in [4.78, 5) is 28.9. The van der Waals surface area contributed by atoms with Crippen LogP contribution in [-0.4, -0.2) is 25.0 Å². The van der Waals surface area contributed by atoms with E-state index >= 15 is 0 Å². The van der Waals surface area contributed by atoms with Crippen LogP contribution >= 0.6 is 0 Å². The summed E-state index contributed by atoms with van der Waals surface area (Å²) in [6.45, 7) is 1.99. The molecule has 6 heteroatoms. The Balaban J connectivity index is 1.77. The second-order valence-electron chi connectivity index (χ2n) is 8.51. The van der Waals surface area contributed by atoms with Crippen LogP contribution in [0.1, 0.15) is 59.8 Å². The van der Waals surface area contributed by atoms with E-state index in [1.54, 1.807) is 31.4 Å². The van der Waals surface area contributed by atoms with Crippen molar-refractivity contribution in [3.63, 3.8) is 0 Å². The highest BCUT2D eigenvalue weighted by atomic mass is 16.5. The first kappa shape index (κ1) is 22.6. The Kier molecular flexibility index (Phi) is 7.13. The number of amides is 2. The van der Waals surface area contributed by atoms with Crippen LogP contribution < -0.4 is 15.0 Å². The molecule has 6 nitrogen and oxygen atoms in total. The SMILES string of the molecule is COc1ccc(C(C(=O)NC2CCCCC2)N(C(=O)c2ccco2)c2ccc(C)cc2)cc1. The predicted octanol–water partition coefficient (Wildman–Crippen LogP) is 5.43. The lowest BCUT2D eigenvalue weighted by atomic mass is 9.94. The third kappa shape index (κ3) is 5.28.